The van der Waals surface area contributed by atoms with E-state index in [0.717, 1.165) is 5.75 Å². The number of benzene rings is 1. The van der Waals surface area contributed by atoms with E-state index in [0.29, 0.717) is 17.9 Å². The van der Waals surface area contributed by atoms with E-state index in [1.807, 2.05) is 6.92 Å². The van der Waals surface area contributed by atoms with Crippen molar-refractivity contribution in [1.29, 1.82) is 0 Å². The van der Waals surface area contributed by atoms with Crippen LogP contribution in [0, 0.1) is 11.3 Å². The highest BCUT2D eigenvalue weighted by Crippen LogP contribution is 2.41. The molecule has 2 heteroatoms. The molecular weight excluding hydrogens is 296 g/mol. The summed E-state index contributed by atoms with van der Waals surface area (Å²) in [6.45, 7) is 13.6. The summed E-state index contributed by atoms with van der Waals surface area (Å²) in [5.74, 6) is 2.06. The van der Waals surface area contributed by atoms with Crippen molar-refractivity contribution in [2.45, 2.75) is 92.0 Å². The lowest BCUT2D eigenvalue weighted by Gasteiger charge is -2.34. The van der Waals surface area contributed by atoms with Gasteiger partial charge in [0.1, 0.15) is 5.75 Å². The zero-order valence-corrected chi connectivity index (χ0v) is 16.5. The fourth-order valence-electron chi connectivity index (χ4n) is 4.33. The minimum Gasteiger partial charge on any atom is -0.465 e. The maximum atomic E-state index is 6.04. The van der Waals surface area contributed by atoms with Crippen molar-refractivity contribution in [3.8, 4) is 5.75 Å². The number of rotatable bonds is 6. The van der Waals surface area contributed by atoms with Gasteiger partial charge in [-0.25, -0.2) is 0 Å². The Labute approximate surface area is 148 Å². The van der Waals surface area contributed by atoms with Gasteiger partial charge in [0.15, 0.2) is 6.29 Å². The van der Waals surface area contributed by atoms with Crippen molar-refractivity contribution < 1.29 is 9.47 Å². The summed E-state index contributed by atoms with van der Waals surface area (Å²) in [6.07, 6.45) is 6.47. The zero-order chi connectivity index (χ0) is 17.7. The average Bonchev–Trinajstić information content (AvgIpc) is 2.48. The van der Waals surface area contributed by atoms with Gasteiger partial charge in [-0.05, 0) is 54.7 Å². The first-order chi connectivity index (χ1) is 11.3. The number of hydrogen-bond acceptors (Lipinski definition) is 2. The van der Waals surface area contributed by atoms with E-state index in [-0.39, 0.29) is 11.7 Å². The lowest BCUT2D eigenvalue weighted by Crippen LogP contribution is -2.26. The first-order valence-electron chi connectivity index (χ1n) is 9.69. The van der Waals surface area contributed by atoms with Crippen LogP contribution in [-0.2, 0) is 4.74 Å². The van der Waals surface area contributed by atoms with Gasteiger partial charge < -0.3 is 9.47 Å². The number of hydrogen-bond donors (Lipinski definition) is 0. The summed E-state index contributed by atoms with van der Waals surface area (Å²) >= 11 is 0. The Balaban J connectivity index is 1.95. The Bertz CT molecular complexity index is 478. The molecule has 0 amide bonds. The Kier molecular flexibility index (Phi) is 6.74. The van der Waals surface area contributed by atoms with Crippen LogP contribution in [0.2, 0.25) is 0 Å². The van der Waals surface area contributed by atoms with E-state index in [9.17, 15) is 0 Å². The smallest absolute Gasteiger partial charge is 0.197 e. The second-order valence-corrected chi connectivity index (χ2v) is 8.74. The molecule has 2 nitrogen and oxygen atoms in total. The molecule has 0 aliphatic heterocycles. The van der Waals surface area contributed by atoms with Crippen molar-refractivity contribution in [3.05, 3.63) is 29.8 Å². The van der Waals surface area contributed by atoms with E-state index in [4.69, 9.17) is 9.47 Å². The van der Waals surface area contributed by atoms with E-state index in [1.54, 1.807) is 0 Å². The fraction of sp³-hybridized carbons (Fsp3) is 0.727. The molecule has 2 rings (SSSR count). The molecule has 0 spiro atoms. The van der Waals surface area contributed by atoms with Gasteiger partial charge in [-0.1, -0.05) is 66.0 Å². The highest BCUT2D eigenvalue weighted by atomic mass is 16.7. The highest BCUT2D eigenvalue weighted by Gasteiger charge is 2.29. The third kappa shape index (κ3) is 5.51. The van der Waals surface area contributed by atoms with Crippen molar-refractivity contribution in [1.82, 2.24) is 0 Å². The third-order valence-electron chi connectivity index (χ3n) is 5.08. The molecule has 1 aromatic rings. The summed E-state index contributed by atoms with van der Waals surface area (Å²) in [7, 11) is 0. The largest absolute Gasteiger partial charge is 0.465 e. The summed E-state index contributed by atoms with van der Waals surface area (Å²) < 4.78 is 12.0. The second kappa shape index (κ2) is 8.38. The van der Waals surface area contributed by atoms with Gasteiger partial charge in [0.25, 0.3) is 0 Å². The molecule has 136 valence electrons. The standard InChI is InChI=1S/C22H36O2/c1-16(2)21(22(4,5)6)18-12-14-20(15-13-18)24-17(3)23-19-10-8-7-9-11-19/h12-17,19,21H,7-11H2,1-6H3. The van der Waals surface area contributed by atoms with Crippen molar-refractivity contribution in [3.63, 3.8) is 0 Å². The lowest BCUT2D eigenvalue weighted by atomic mass is 9.70. The van der Waals surface area contributed by atoms with E-state index >= 15 is 0 Å². The van der Waals surface area contributed by atoms with Crippen LogP contribution < -0.4 is 4.74 Å². The van der Waals surface area contributed by atoms with Crippen molar-refractivity contribution in [2.24, 2.45) is 11.3 Å². The lowest BCUT2D eigenvalue weighted by molar-refractivity contribution is -0.116. The van der Waals surface area contributed by atoms with Gasteiger partial charge in [0.2, 0.25) is 0 Å². The number of ether oxygens (including phenoxy) is 2. The van der Waals surface area contributed by atoms with Crippen LogP contribution in [0.1, 0.15) is 85.1 Å². The quantitative estimate of drug-likeness (QED) is 0.550. The summed E-state index contributed by atoms with van der Waals surface area (Å²) in [6, 6.07) is 8.63. The molecule has 0 N–H and O–H groups in total. The van der Waals surface area contributed by atoms with Gasteiger partial charge >= 0.3 is 0 Å². The third-order valence-corrected chi connectivity index (χ3v) is 5.08. The molecule has 1 saturated carbocycles. The first-order valence-corrected chi connectivity index (χ1v) is 9.69. The maximum Gasteiger partial charge on any atom is 0.197 e. The molecule has 0 aromatic heterocycles. The van der Waals surface area contributed by atoms with E-state index < -0.39 is 0 Å². The first kappa shape index (κ1) is 19.3. The monoisotopic (exact) mass is 332 g/mol. The molecule has 1 aliphatic rings. The molecule has 0 heterocycles. The van der Waals surface area contributed by atoms with Crippen LogP contribution >= 0.6 is 0 Å². The molecular formula is C22H36O2. The molecule has 0 radical (unpaired) electrons. The minimum absolute atomic E-state index is 0.178. The Morgan fingerprint density at radius 2 is 1.50 bits per heavy atom. The molecule has 0 saturated heterocycles. The Morgan fingerprint density at radius 1 is 0.917 bits per heavy atom. The summed E-state index contributed by atoms with van der Waals surface area (Å²) in [4.78, 5) is 0. The maximum absolute atomic E-state index is 6.04. The van der Waals surface area contributed by atoms with Crippen LogP contribution in [0.4, 0.5) is 0 Å². The van der Waals surface area contributed by atoms with E-state index in [1.165, 1.54) is 37.7 Å². The van der Waals surface area contributed by atoms with Crippen molar-refractivity contribution in [2.75, 3.05) is 0 Å². The normalized spacial score (nSPS) is 19.3. The van der Waals surface area contributed by atoms with Gasteiger partial charge in [-0.3, -0.25) is 0 Å². The average molecular weight is 333 g/mol. The van der Waals surface area contributed by atoms with Gasteiger partial charge in [0.05, 0.1) is 6.10 Å². The fourth-order valence-corrected chi connectivity index (χ4v) is 4.33. The predicted molar refractivity (Wildman–Crippen MR) is 102 cm³/mol. The van der Waals surface area contributed by atoms with Crippen LogP contribution in [0.15, 0.2) is 24.3 Å². The highest BCUT2D eigenvalue weighted by molar-refractivity contribution is 5.30. The predicted octanol–water partition coefficient (Wildman–Crippen LogP) is 6.55. The van der Waals surface area contributed by atoms with Gasteiger partial charge in [0, 0.05) is 0 Å². The van der Waals surface area contributed by atoms with Crippen LogP contribution in [0.25, 0.3) is 0 Å². The second-order valence-electron chi connectivity index (χ2n) is 8.74. The van der Waals surface area contributed by atoms with Gasteiger partial charge in [-0.15, -0.1) is 0 Å². The topological polar surface area (TPSA) is 18.5 Å². The molecule has 1 aliphatic carbocycles. The van der Waals surface area contributed by atoms with Crippen LogP contribution in [0.5, 0.6) is 5.75 Å². The summed E-state index contributed by atoms with van der Waals surface area (Å²) in [5, 5.41) is 0. The molecule has 2 unspecified atom stereocenters. The zero-order valence-electron chi connectivity index (χ0n) is 16.5. The molecule has 1 aromatic carbocycles. The molecule has 1 fully saturated rings. The van der Waals surface area contributed by atoms with Crippen LogP contribution in [0.3, 0.4) is 0 Å². The minimum atomic E-state index is -0.178. The molecule has 2 atom stereocenters. The molecule has 0 bridgehead atoms. The van der Waals surface area contributed by atoms with Crippen molar-refractivity contribution >= 4 is 0 Å². The Morgan fingerprint density at radius 3 is 2.00 bits per heavy atom. The van der Waals surface area contributed by atoms with Gasteiger partial charge in [-0.2, -0.15) is 0 Å². The van der Waals surface area contributed by atoms with E-state index in [2.05, 4.69) is 58.9 Å². The summed E-state index contributed by atoms with van der Waals surface area (Å²) in [5.41, 5.74) is 1.65. The van der Waals surface area contributed by atoms with Crippen LogP contribution in [-0.4, -0.2) is 12.4 Å². The SMILES string of the molecule is CC(Oc1ccc(C(C(C)C)C(C)(C)C)cc1)OC1CCCCC1. The molecule has 24 heavy (non-hydrogen) atoms. The Hall–Kier alpha value is -1.02.